The second-order valence-corrected chi connectivity index (χ2v) is 8.74. The zero-order valence-electron chi connectivity index (χ0n) is 18.5. The van der Waals surface area contributed by atoms with Crippen LogP contribution in [-0.2, 0) is 11.2 Å². The highest BCUT2D eigenvalue weighted by molar-refractivity contribution is 7.13. The number of carbonyl (C=O) groups excluding carboxylic acids is 1. The van der Waals surface area contributed by atoms with Crippen molar-refractivity contribution in [2.75, 3.05) is 33.9 Å². The number of carbonyl (C=O) groups is 1. The molecule has 1 aliphatic heterocycles. The monoisotopic (exact) mass is 451 g/mol. The molecule has 1 aliphatic rings. The van der Waals surface area contributed by atoms with Gasteiger partial charge in [0.1, 0.15) is 16.5 Å². The molecule has 0 radical (unpaired) electrons. The lowest BCUT2D eigenvalue weighted by Gasteiger charge is -2.28. The number of nitrogens with zero attached hydrogens (tertiary/aromatic N) is 2. The summed E-state index contributed by atoms with van der Waals surface area (Å²) < 4.78 is 10.5. The zero-order valence-corrected chi connectivity index (χ0v) is 19.4. The number of likely N-dealkylation sites (tertiary alicyclic amines) is 1. The summed E-state index contributed by atoms with van der Waals surface area (Å²) in [5, 5.41) is 6.00. The molecule has 168 valence electrons. The van der Waals surface area contributed by atoms with E-state index in [9.17, 15) is 4.79 Å². The van der Waals surface area contributed by atoms with Crippen LogP contribution in [0.3, 0.4) is 0 Å². The number of nitrogens with one attached hydrogen (secondary N) is 1. The van der Waals surface area contributed by atoms with E-state index >= 15 is 0 Å². The molecule has 6 nitrogen and oxygen atoms in total. The number of methoxy groups -OCH3 is 2. The third-order valence-corrected chi connectivity index (χ3v) is 6.75. The van der Waals surface area contributed by atoms with Gasteiger partial charge in [0.2, 0.25) is 5.91 Å². The Morgan fingerprint density at radius 3 is 2.28 bits per heavy atom. The summed E-state index contributed by atoms with van der Waals surface area (Å²) in [7, 11) is 3.32. The first-order chi connectivity index (χ1) is 15.7. The van der Waals surface area contributed by atoms with Crippen molar-refractivity contribution in [1.29, 1.82) is 0 Å². The molecule has 0 aliphatic carbocycles. The van der Waals surface area contributed by atoms with Crippen molar-refractivity contribution in [3.8, 4) is 22.1 Å². The van der Waals surface area contributed by atoms with Crippen LogP contribution in [0.2, 0.25) is 0 Å². The molecule has 0 bridgehead atoms. The molecule has 1 saturated heterocycles. The highest BCUT2D eigenvalue weighted by Gasteiger charge is 2.24. The molecule has 1 amide bonds. The van der Waals surface area contributed by atoms with Gasteiger partial charge in [-0.15, -0.1) is 11.3 Å². The third-order valence-electron chi connectivity index (χ3n) is 5.80. The van der Waals surface area contributed by atoms with Crippen molar-refractivity contribution in [3.05, 3.63) is 65.2 Å². The van der Waals surface area contributed by atoms with Crippen LogP contribution < -0.4 is 14.8 Å². The Balaban J connectivity index is 1.37. The summed E-state index contributed by atoms with van der Waals surface area (Å²) in [6.45, 7) is 2.70. The zero-order chi connectivity index (χ0) is 22.3. The average Bonchev–Trinajstić information content (AvgIpc) is 3.52. The van der Waals surface area contributed by atoms with Gasteiger partial charge in [-0.1, -0.05) is 12.1 Å². The molecule has 0 spiro atoms. The van der Waals surface area contributed by atoms with Gasteiger partial charge in [0.05, 0.1) is 32.4 Å². The first-order valence-electron chi connectivity index (χ1n) is 10.9. The van der Waals surface area contributed by atoms with Crippen LogP contribution in [0.1, 0.15) is 30.1 Å². The van der Waals surface area contributed by atoms with E-state index in [1.165, 1.54) is 18.4 Å². The van der Waals surface area contributed by atoms with Crippen LogP contribution in [0, 0.1) is 0 Å². The van der Waals surface area contributed by atoms with Crippen LogP contribution in [0.5, 0.6) is 11.5 Å². The summed E-state index contributed by atoms with van der Waals surface area (Å²) in [6.07, 6.45) is 2.68. The first-order valence-corrected chi connectivity index (χ1v) is 11.8. The molecule has 4 rings (SSSR count). The normalized spacial score (nSPS) is 14.8. The summed E-state index contributed by atoms with van der Waals surface area (Å²) in [5.41, 5.74) is 3.01. The van der Waals surface area contributed by atoms with Gasteiger partial charge in [0.15, 0.2) is 0 Å². The number of rotatable bonds is 9. The Morgan fingerprint density at radius 2 is 1.66 bits per heavy atom. The Hall–Kier alpha value is -2.90. The molecular weight excluding hydrogens is 422 g/mol. The maximum Gasteiger partial charge on any atom is 0.226 e. The van der Waals surface area contributed by atoms with E-state index < -0.39 is 0 Å². The number of benzene rings is 2. The van der Waals surface area contributed by atoms with Crippen molar-refractivity contribution in [3.63, 3.8) is 0 Å². The highest BCUT2D eigenvalue weighted by atomic mass is 32.1. The fourth-order valence-electron chi connectivity index (χ4n) is 4.03. The molecule has 1 fully saturated rings. The third kappa shape index (κ3) is 5.47. The molecule has 2 heterocycles. The number of aromatic nitrogens is 1. The van der Waals surface area contributed by atoms with E-state index in [-0.39, 0.29) is 18.4 Å². The number of hydrogen-bond donors (Lipinski definition) is 1. The average molecular weight is 452 g/mol. The highest BCUT2D eigenvalue weighted by Crippen LogP contribution is 2.27. The molecule has 3 aromatic rings. The summed E-state index contributed by atoms with van der Waals surface area (Å²) in [4.78, 5) is 19.8. The summed E-state index contributed by atoms with van der Waals surface area (Å²) in [6, 6.07) is 16.1. The van der Waals surface area contributed by atoms with E-state index in [1.807, 2.05) is 41.8 Å². The molecule has 1 atom stereocenters. The molecule has 0 saturated carbocycles. The van der Waals surface area contributed by atoms with Gasteiger partial charge in [-0.25, -0.2) is 4.98 Å². The fraction of sp³-hybridized carbons (Fsp3) is 0.360. The largest absolute Gasteiger partial charge is 0.497 e. The Bertz CT molecular complexity index is 1010. The second kappa shape index (κ2) is 10.6. The van der Waals surface area contributed by atoms with Crippen molar-refractivity contribution in [2.24, 2.45) is 0 Å². The minimum Gasteiger partial charge on any atom is -0.497 e. The Labute approximate surface area is 193 Å². The van der Waals surface area contributed by atoms with Crippen LogP contribution in [-0.4, -0.2) is 49.6 Å². The van der Waals surface area contributed by atoms with Crippen LogP contribution >= 0.6 is 11.3 Å². The minimum atomic E-state index is -0.00529. The van der Waals surface area contributed by atoms with E-state index in [0.29, 0.717) is 6.54 Å². The van der Waals surface area contributed by atoms with Gasteiger partial charge < -0.3 is 14.8 Å². The lowest BCUT2D eigenvalue weighted by atomic mass is 10.1. The Morgan fingerprint density at radius 1 is 1.03 bits per heavy atom. The van der Waals surface area contributed by atoms with Crippen molar-refractivity contribution >= 4 is 17.2 Å². The number of thiazole rings is 1. The molecule has 1 aromatic heterocycles. The van der Waals surface area contributed by atoms with E-state index in [4.69, 9.17) is 9.47 Å². The summed E-state index contributed by atoms with van der Waals surface area (Å²) >= 11 is 1.55. The SMILES string of the molecule is COc1ccc(-c2nc(CC(=O)NC[C@@H](c3ccc(OC)cc3)N3CCCC3)cs2)cc1. The minimum absolute atomic E-state index is 0.00529. The van der Waals surface area contributed by atoms with Gasteiger partial charge in [-0.3, -0.25) is 9.69 Å². The van der Waals surface area contributed by atoms with E-state index in [2.05, 4.69) is 27.3 Å². The van der Waals surface area contributed by atoms with Crippen molar-refractivity contribution in [1.82, 2.24) is 15.2 Å². The molecule has 2 aromatic carbocycles. The molecule has 32 heavy (non-hydrogen) atoms. The topological polar surface area (TPSA) is 63.7 Å². The molecule has 1 N–H and O–H groups in total. The van der Waals surface area contributed by atoms with Crippen LogP contribution in [0.4, 0.5) is 0 Å². The van der Waals surface area contributed by atoms with Crippen LogP contribution in [0.15, 0.2) is 53.9 Å². The van der Waals surface area contributed by atoms with Crippen molar-refractivity contribution in [2.45, 2.75) is 25.3 Å². The standard InChI is InChI=1S/C25H29N3O3S/c1-30-21-9-5-18(6-10-21)23(28-13-3-4-14-28)16-26-24(29)15-20-17-32-25(27-20)19-7-11-22(31-2)12-8-19/h5-12,17,23H,3-4,13-16H2,1-2H3,(H,26,29)/t23-/m0/s1. The summed E-state index contributed by atoms with van der Waals surface area (Å²) in [5.74, 6) is 1.65. The van der Waals surface area contributed by atoms with Crippen molar-refractivity contribution < 1.29 is 14.3 Å². The Kier molecular flexibility index (Phi) is 7.39. The molecular formula is C25H29N3O3S. The quantitative estimate of drug-likeness (QED) is 0.525. The number of amides is 1. The van der Waals surface area contributed by atoms with E-state index in [1.54, 1.807) is 25.6 Å². The maximum absolute atomic E-state index is 12.7. The lowest BCUT2D eigenvalue weighted by Crippen LogP contribution is -2.37. The van der Waals surface area contributed by atoms with Gasteiger partial charge >= 0.3 is 0 Å². The van der Waals surface area contributed by atoms with E-state index in [0.717, 1.165) is 40.9 Å². The maximum atomic E-state index is 12.7. The second-order valence-electron chi connectivity index (χ2n) is 7.89. The predicted molar refractivity (Wildman–Crippen MR) is 127 cm³/mol. The molecule has 7 heteroatoms. The predicted octanol–water partition coefficient (Wildman–Crippen LogP) is 4.32. The van der Waals surface area contributed by atoms with Crippen LogP contribution in [0.25, 0.3) is 10.6 Å². The van der Waals surface area contributed by atoms with Gasteiger partial charge in [0.25, 0.3) is 0 Å². The van der Waals surface area contributed by atoms with Gasteiger partial charge in [-0.05, 0) is 67.9 Å². The molecule has 0 unspecified atom stereocenters. The number of ether oxygens (including phenoxy) is 2. The number of hydrogen-bond acceptors (Lipinski definition) is 6. The first kappa shape index (κ1) is 22.3. The van der Waals surface area contributed by atoms with Gasteiger partial charge in [0, 0.05) is 17.5 Å². The lowest BCUT2D eigenvalue weighted by molar-refractivity contribution is -0.120. The smallest absolute Gasteiger partial charge is 0.226 e. The fourth-order valence-corrected chi connectivity index (χ4v) is 4.85. The van der Waals surface area contributed by atoms with Gasteiger partial charge in [-0.2, -0.15) is 0 Å².